The van der Waals surface area contributed by atoms with Gasteiger partial charge in [-0.3, -0.25) is 9.59 Å². The van der Waals surface area contributed by atoms with Gasteiger partial charge in [0, 0.05) is 23.8 Å². The number of esters is 1. The van der Waals surface area contributed by atoms with Crippen LogP contribution >= 0.6 is 0 Å². The van der Waals surface area contributed by atoms with E-state index in [0.29, 0.717) is 23.5 Å². The largest absolute Gasteiger partial charge is 0.463 e. The molecule has 4 fully saturated rings. The highest BCUT2D eigenvalue weighted by molar-refractivity contribution is 6.17. The Kier molecular flexibility index (Phi) is 4.80. The Morgan fingerprint density at radius 2 is 1.88 bits per heavy atom. The van der Waals surface area contributed by atoms with Gasteiger partial charge in [0.15, 0.2) is 5.78 Å². The maximum Gasteiger partial charge on any atom is 0.302 e. The van der Waals surface area contributed by atoms with E-state index in [-0.39, 0.29) is 40.8 Å². The predicted octanol–water partition coefficient (Wildman–Crippen LogP) is 5.17. The van der Waals surface area contributed by atoms with Crippen molar-refractivity contribution < 1.29 is 19.2 Å². The van der Waals surface area contributed by atoms with Crippen LogP contribution in [0.1, 0.15) is 71.3 Å². The summed E-state index contributed by atoms with van der Waals surface area (Å²) in [5.74, 6) is 1.89. The molecule has 1 aromatic carbocycles. The topological polar surface area (TPSA) is 65.0 Å². The van der Waals surface area contributed by atoms with Crippen LogP contribution in [0.3, 0.4) is 0 Å². The highest BCUT2D eigenvalue weighted by atomic mass is 16.6. The quantitative estimate of drug-likeness (QED) is 0.585. The SMILES string of the molecule is CC(=O)O[C@H]1CC[C@@]2(C)[C@@H](CC[C@H]3[C@@H]4[C@@H]5ON=C(c6ccccc6)[C@@H]5C(=O)[C@@]4(C)CC[C@@H]32)C1. The Morgan fingerprint density at radius 1 is 1.09 bits per heavy atom. The molecule has 0 amide bonds. The van der Waals surface area contributed by atoms with E-state index in [2.05, 4.69) is 19.0 Å². The van der Waals surface area contributed by atoms with Crippen LogP contribution < -0.4 is 0 Å². The summed E-state index contributed by atoms with van der Waals surface area (Å²) in [5, 5.41) is 4.48. The first-order valence-electron chi connectivity index (χ1n) is 12.8. The average molecular weight is 450 g/mol. The minimum Gasteiger partial charge on any atom is -0.463 e. The Balaban J connectivity index is 1.29. The van der Waals surface area contributed by atoms with Crippen molar-refractivity contribution in [1.82, 2.24) is 0 Å². The van der Waals surface area contributed by atoms with Crippen LogP contribution in [-0.4, -0.2) is 29.7 Å². The van der Waals surface area contributed by atoms with Crippen LogP contribution in [0.15, 0.2) is 35.5 Å². The van der Waals surface area contributed by atoms with Gasteiger partial charge in [0.05, 0.1) is 0 Å². The standard InChI is InChI=1S/C28H35NO4/c1-16(30)32-19-11-13-27(2)18(15-19)9-10-20-21(27)12-14-28(3)23(20)25-22(26(28)31)24(29-33-25)17-7-5-4-6-8-17/h4-8,18-23,25H,9-15H2,1-3H3/t18-,19-,20+,21-,22-,23+,25+,27-,28-/m0/s1. The van der Waals surface area contributed by atoms with Crippen molar-refractivity contribution in [1.29, 1.82) is 0 Å². The number of rotatable bonds is 2. The van der Waals surface area contributed by atoms with E-state index in [9.17, 15) is 9.59 Å². The molecule has 5 heteroatoms. The molecule has 0 saturated heterocycles. The molecule has 33 heavy (non-hydrogen) atoms. The van der Waals surface area contributed by atoms with Crippen molar-refractivity contribution in [2.45, 2.75) is 77.9 Å². The van der Waals surface area contributed by atoms with Crippen LogP contribution in [0.2, 0.25) is 0 Å². The molecule has 0 aromatic heterocycles. The van der Waals surface area contributed by atoms with E-state index in [4.69, 9.17) is 9.57 Å². The first-order valence-corrected chi connectivity index (χ1v) is 12.8. The van der Waals surface area contributed by atoms with Crippen molar-refractivity contribution in [3.05, 3.63) is 35.9 Å². The molecule has 0 N–H and O–H groups in total. The molecule has 9 atom stereocenters. The molecule has 5 nitrogen and oxygen atoms in total. The summed E-state index contributed by atoms with van der Waals surface area (Å²) in [7, 11) is 0. The lowest BCUT2D eigenvalue weighted by Gasteiger charge is -2.60. The molecular weight excluding hydrogens is 414 g/mol. The third-order valence-corrected chi connectivity index (χ3v) is 10.4. The zero-order valence-corrected chi connectivity index (χ0v) is 20.0. The van der Waals surface area contributed by atoms with Crippen LogP contribution in [0.4, 0.5) is 0 Å². The van der Waals surface area contributed by atoms with Crippen molar-refractivity contribution in [2.24, 2.45) is 45.6 Å². The number of fused-ring (bicyclic) bond motifs is 7. The number of Topliss-reactive ketones (excluding diaryl/α,β-unsaturated/α-hetero) is 1. The van der Waals surface area contributed by atoms with E-state index >= 15 is 0 Å². The summed E-state index contributed by atoms with van der Waals surface area (Å²) < 4.78 is 5.61. The van der Waals surface area contributed by atoms with E-state index < -0.39 is 0 Å². The Morgan fingerprint density at radius 3 is 2.64 bits per heavy atom. The van der Waals surface area contributed by atoms with E-state index in [1.807, 2.05) is 30.3 Å². The van der Waals surface area contributed by atoms with Gasteiger partial charge in [-0.25, -0.2) is 0 Å². The first-order chi connectivity index (χ1) is 15.8. The lowest BCUT2D eigenvalue weighted by atomic mass is 9.45. The number of ether oxygens (including phenoxy) is 1. The smallest absolute Gasteiger partial charge is 0.302 e. The molecule has 0 unspecified atom stereocenters. The fraction of sp³-hybridized carbons (Fsp3) is 0.679. The zero-order valence-electron chi connectivity index (χ0n) is 20.0. The third kappa shape index (κ3) is 2.99. The summed E-state index contributed by atoms with van der Waals surface area (Å²) in [6.45, 7) is 6.22. The van der Waals surface area contributed by atoms with E-state index in [0.717, 1.165) is 56.2 Å². The van der Waals surface area contributed by atoms with Gasteiger partial charge >= 0.3 is 5.97 Å². The number of carbonyl (C=O) groups is 2. The zero-order chi connectivity index (χ0) is 23.0. The Bertz CT molecular complexity index is 1000. The lowest BCUT2D eigenvalue weighted by molar-refractivity contribution is -0.165. The van der Waals surface area contributed by atoms with Gasteiger partial charge in [-0.1, -0.05) is 49.3 Å². The minimum absolute atomic E-state index is 0.0726. The van der Waals surface area contributed by atoms with Crippen molar-refractivity contribution in [3.63, 3.8) is 0 Å². The van der Waals surface area contributed by atoms with Gasteiger partial charge in [0.1, 0.15) is 23.8 Å². The molecule has 1 aliphatic heterocycles. The number of ketones is 1. The normalized spacial score (nSPS) is 45.7. The number of carbonyl (C=O) groups excluding carboxylic acids is 2. The third-order valence-electron chi connectivity index (χ3n) is 10.4. The molecule has 0 spiro atoms. The number of benzene rings is 1. The van der Waals surface area contributed by atoms with Crippen LogP contribution in [-0.2, 0) is 19.2 Å². The molecule has 1 aromatic rings. The fourth-order valence-corrected chi connectivity index (χ4v) is 8.84. The highest BCUT2D eigenvalue weighted by Gasteiger charge is 2.69. The molecule has 1 heterocycles. The summed E-state index contributed by atoms with van der Waals surface area (Å²) in [6.07, 6.45) is 7.36. The minimum atomic E-state index is -0.315. The number of oxime groups is 1. The predicted molar refractivity (Wildman–Crippen MR) is 124 cm³/mol. The molecule has 4 aliphatic carbocycles. The Labute approximate surface area is 196 Å². The monoisotopic (exact) mass is 449 g/mol. The van der Waals surface area contributed by atoms with Crippen LogP contribution in [0, 0.1) is 40.4 Å². The van der Waals surface area contributed by atoms with Gasteiger partial charge in [0.25, 0.3) is 0 Å². The second kappa shape index (κ2) is 7.41. The second-order valence-electron chi connectivity index (χ2n) is 11.8. The maximum atomic E-state index is 13.9. The molecule has 5 aliphatic rings. The van der Waals surface area contributed by atoms with Gasteiger partial charge in [-0.05, 0) is 68.1 Å². The molecule has 0 radical (unpaired) electrons. The summed E-state index contributed by atoms with van der Waals surface area (Å²) in [4.78, 5) is 31.6. The molecule has 0 bridgehead atoms. The van der Waals surface area contributed by atoms with Gasteiger partial charge < -0.3 is 9.57 Å². The molecule has 6 rings (SSSR count). The van der Waals surface area contributed by atoms with E-state index in [1.54, 1.807) is 0 Å². The highest BCUT2D eigenvalue weighted by Crippen LogP contribution is 2.67. The second-order valence-corrected chi connectivity index (χ2v) is 11.8. The molecule has 176 valence electrons. The average Bonchev–Trinajstić information content (AvgIpc) is 3.31. The van der Waals surface area contributed by atoms with Gasteiger partial charge in [-0.2, -0.15) is 0 Å². The molecule has 4 saturated carbocycles. The lowest BCUT2D eigenvalue weighted by Crippen LogP contribution is -2.55. The first kappa shape index (κ1) is 21.4. The Hall–Kier alpha value is -2.17. The van der Waals surface area contributed by atoms with Crippen LogP contribution in [0.5, 0.6) is 0 Å². The van der Waals surface area contributed by atoms with Gasteiger partial charge in [0.2, 0.25) is 0 Å². The maximum absolute atomic E-state index is 13.9. The van der Waals surface area contributed by atoms with Crippen LogP contribution in [0.25, 0.3) is 0 Å². The number of hydrogen-bond acceptors (Lipinski definition) is 5. The fourth-order valence-electron chi connectivity index (χ4n) is 8.84. The van der Waals surface area contributed by atoms with E-state index in [1.165, 1.54) is 6.92 Å². The van der Waals surface area contributed by atoms with Crippen molar-refractivity contribution in [2.75, 3.05) is 0 Å². The summed E-state index contributed by atoms with van der Waals surface area (Å²) >= 11 is 0. The number of nitrogens with zero attached hydrogens (tertiary/aromatic N) is 1. The summed E-state index contributed by atoms with van der Waals surface area (Å²) in [6, 6.07) is 10.1. The number of hydrogen-bond donors (Lipinski definition) is 0. The molecular formula is C28H35NO4. The van der Waals surface area contributed by atoms with Crippen molar-refractivity contribution in [3.8, 4) is 0 Å². The van der Waals surface area contributed by atoms with Gasteiger partial charge in [-0.15, -0.1) is 0 Å². The summed E-state index contributed by atoms with van der Waals surface area (Å²) in [5.41, 5.74) is 1.78. The van der Waals surface area contributed by atoms with Crippen molar-refractivity contribution >= 4 is 17.5 Å².